The zero-order valence-corrected chi connectivity index (χ0v) is 9.30. The van der Waals surface area contributed by atoms with Crippen molar-refractivity contribution < 1.29 is 4.39 Å². The van der Waals surface area contributed by atoms with E-state index in [1.807, 2.05) is 0 Å². The summed E-state index contributed by atoms with van der Waals surface area (Å²) in [6.45, 7) is 1.97. The van der Waals surface area contributed by atoms with Crippen LogP contribution in [-0.4, -0.2) is 23.3 Å². The van der Waals surface area contributed by atoms with Crippen LogP contribution in [0.15, 0.2) is 24.3 Å². The standard InChI is InChI=1S/C11H10FN3S/c12-9-3-1-7(2-4-9)10-14-15-11(16-10)8-5-13-6-8/h1-4,8,13H,5-6H2. The number of rotatable bonds is 2. The maximum atomic E-state index is 12.8. The van der Waals surface area contributed by atoms with Crippen LogP contribution < -0.4 is 5.32 Å². The molecule has 82 valence electrons. The molecule has 1 aliphatic heterocycles. The normalized spacial score (nSPS) is 16.1. The van der Waals surface area contributed by atoms with Crippen molar-refractivity contribution in [3.05, 3.63) is 35.1 Å². The molecule has 0 radical (unpaired) electrons. The molecule has 0 aliphatic carbocycles. The molecule has 5 heteroatoms. The van der Waals surface area contributed by atoms with E-state index in [2.05, 4.69) is 15.5 Å². The lowest BCUT2D eigenvalue weighted by atomic mass is 10.1. The summed E-state index contributed by atoms with van der Waals surface area (Å²) in [7, 11) is 0. The lowest BCUT2D eigenvalue weighted by molar-refractivity contribution is 0.444. The summed E-state index contributed by atoms with van der Waals surface area (Å²) >= 11 is 1.59. The molecule has 0 bridgehead atoms. The Morgan fingerprint density at radius 1 is 1.19 bits per heavy atom. The minimum Gasteiger partial charge on any atom is -0.315 e. The van der Waals surface area contributed by atoms with E-state index in [-0.39, 0.29) is 5.82 Å². The van der Waals surface area contributed by atoms with E-state index in [4.69, 9.17) is 0 Å². The van der Waals surface area contributed by atoms with Gasteiger partial charge in [0.25, 0.3) is 0 Å². The van der Waals surface area contributed by atoms with Crippen molar-refractivity contribution in [2.24, 2.45) is 0 Å². The van der Waals surface area contributed by atoms with Crippen LogP contribution in [0.5, 0.6) is 0 Å². The number of benzene rings is 1. The largest absolute Gasteiger partial charge is 0.315 e. The predicted molar refractivity (Wildman–Crippen MR) is 60.9 cm³/mol. The molecule has 1 aromatic heterocycles. The van der Waals surface area contributed by atoms with Crippen molar-refractivity contribution in [1.82, 2.24) is 15.5 Å². The highest BCUT2D eigenvalue weighted by molar-refractivity contribution is 7.14. The number of nitrogens with zero attached hydrogens (tertiary/aromatic N) is 2. The maximum absolute atomic E-state index is 12.8. The van der Waals surface area contributed by atoms with Crippen LogP contribution in [0.3, 0.4) is 0 Å². The Hall–Kier alpha value is -1.33. The average Bonchev–Trinajstić information content (AvgIpc) is 2.65. The van der Waals surface area contributed by atoms with Gasteiger partial charge in [0.2, 0.25) is 0 Å². The fourth-order valence-corrected chi connectivity index (χ4v) is 2.52. The van der Waals surface area contributed by atoms with Crippen LogP contribution >= 0.6 is 11.3 Å². The first-order chi connectivity index (χ1) is 7.83. The first-order valence-corrected chi connectivity index (χ1v) is 5.94. The molecular weight excluding hydrogens is 225 g/mol. The van der Waals surface area contributed by atoms with Gasteiger partial charge >= 0.3 is 0 Å². The highest BCUT2D eigenvalue weighted by atomic mass is 32.1. The Morgan fingerprint density at radius 2 is 1.94 bits per heavy atom. The first-order valence-electron chi connectivity index (χ1n) is 5.13. The lowest BCUT2D eigenvalue weighted by Crippen LogP contribution is -2.39. The van der Waals surface area contributed by atoms with E-state index < -0.39 is 0 Å². The van der Waals surface area contributed by atoms with Crippen LogP contribution in [-0.2, 0) is 0 Å². The molecule has 2 aromatic rings. The highest BCUT2D eigenvalue weighted by Crippen LogP contribution is 2.29. The molecule has 0 unspecified atom stereocenters. The third kappa shape index (κ3) is 1.72. The lowest BCUT2D eigenvalue weighted by Gasteiger charge is -2.23. The van der Waals surface area contributed by atoms with Crippen molar-refractivity contribution in [1.29, 1.82) is 0 Å². The van der Waals surface area contributed by atoms with Gasteiger partial charge in [-0.3, -0.25) is 0 Å². The van der Waals surface area contributed by atoms with Crippen LogP contribution in [0, 0.1) is 5.82 Å². The molecule has 3 rings (SSSR count). The van der Waals surface area contributed by atoms with E-state index >= 15 is 0 Å². The number of nitrogens with one attached hydrogen (secondary N) is 1. The molecule has 0 spiro atoms. The molecule has 16 heavy (non-hydrogen) atoms. The topological polar surface area (TPSA) is 37.8 Å². The number of hydrogen-bond donors (Lipinski definition) is 1. The molecule has 1 saturated heterocycles. The molecule has 1 fully saturated rings. The Labute approximate surface area is 96.3 Å². The van der Waals surface area contributed by atoms with Crippen LogP contribution in [0.2, 0.25) is 0 Å². The average molecular weight is 235 g/mol. The molecule has 1 N–H and O–H groups in total. The summed E-state index contributed by atoms with van der Waals surface area (Å²) in [5.41, 5.74) is 0.928. The SMILES string of the molecule is Fc1ccc(-c2nnc(C3CNC3)s2)cc1. The van der Waals surface area contributed by atoms with Gasteiger partial charge in [0.05, 0.1) is 0 Å². The Kier molecular flexibility index (Phi) is 2.41. The monoisotopic (exact) mass is 235 g/mol. The van der Waals surface area contributed by atoms with Gasteiger partial charge < -0.3 is 5.32 Å². The van der Waals surface area contributed by atoms with Crippen molar-refractivity contribution >= 4 is 11.3 Å². The maximum Gasteiger partial charge on any atom is 0.147 e. The Balaban J connectivity index is 1.88. The van der Waals surface area contributed by atoms with E-state index in [1.54, 1.807) is 23.5 Å². The van der Waals surface area contributed by atoms with Crippen molar-refractivity contribution in [3.63, 3.8) is 0 Å². The second-order valence-corrected chi connectivity index (χ2v) is 4.82. The predicted octanol–water partition coefficient (Wildman–Crippen LogP) is 2.03. The van der Waals surface area contributed by atoms with E-state index in [0.717, 1.165) is 28.7 Å². The summed E-state index contributed by atoms with van der Waals surface area (Å²) in [5.74, 6) is 0.281. The van der Waals surface area contributed by atoms with Crippen LogP contribution in [0.1, 0.15) is 10.9 Å². The molecule has 3 nitrogen and oxygen atoms in total. The van der Waals surface area contributed by atoms with Gasteiger partial charge in [0, 0.05) is 24.6 Å². The van der Waals surface area contributed by atoms with Crippen LogP contribution in [0.25, 0.3) is 10.6 Å². The van der Waals surface area contributed by atoms with Gasteiger partial charge in [0.1, 0.15) is 15.8 Å². The Morgan fingerprint density at radius 3 is 2.56 bits per heavy atom. The minimum atomic E-state index is -0.225. The van der Waals surface area contributed by atoms with E-state index in [0.29, 0.717) is 5.92 Å². The van der Waals surface area contributed by atoms with Gasteiger partial charge in [-0.15, -0.1) is 10.2 Å². The molecule has 1 aromatic carbocycles. The molecule has 0 amide bonds. The van der Waals surface area contributed by atoms with Crippen LogP contribution in [0.4, 0.5) is 4.39 Å². The first kappa shape index (κ1) is 9.86. The smallest absolute Gasteiger partial charge is 0.147 e. The summed E-state index contributed by atoms with van der Waals surface area (Å²) in [4.78, 5) is 0. The third-order valence-corrected chi connectivity index (χ3v) is 3.80. The summed E-state index contributed by atoms with van der Waals surface area (Å²) in [6.07, 6.45) is 0. The molecule has 0 atom stereocenters. The summed E-state index contributed by atoms with van der Waals surface area (Å²) in [5, 5.41) is 13.4. The summed E-state index contributed by atoms with van der Waals surface area (Å²) < 4.78 is 12.8. The van der Waals surface area contributed by atoms with Gasteiger partial charge in [-0.1, -0.05) is 11.3 Å². The van der Waals surface area contributed by atoms with Gasteiger partial charge in [-0.25, -0.2) is 4.39 Å². The van der Waals surface area contributed by atoms with Crippen molar-refractivity contribution in [2.75, 3.05) is 13.1 Å². The van der Waals surface area contributed by atoms with Gasteiger partial charge in [0.15, 0.2) is 0 Å². The third-order valence-electron chi connectivity index (χ3n) is 2.66. The van der Waals surface area contributed by atoms with E-state index in [9.17, 15) is 4.39 Å². The highest BCUT2D eigenvalue weighted by Gasteiger charge is 2.23. The van der Waals surface area contributed by atoms with Gasteiger partial charge in [-0.2, -0.15) is 0 Å². The minimum absolute atomic E-state index is 0.225. The second kappa shape index (κ2) is 3.92. The zero-order valence-electron chi connectivity index (χ0n) is 8.48. The number of halogens is 1. The van der Waals surface area contributed by atoms with Crippen molar-refractivity contribution in [3.8, 4) is 10.6 Å². The fraction of sp³-hybridized carbons (Fsp3) is 0.273. The Bertz CT molecular complexity index is 490. The molecule has 1 aliphatic rings. The second-order valence-electron chi connectivity index (χ2n) is 3.81. The molecular formula is C11H10FN3S. The van der Waals surface area contributed by atoms with E-state index in [1.165, 1.54) is 12.1 Å². The fourth-order valence-electron chi connectivity index (χ4n) is 1.57. The molecule has 0 saturated carbocycles. The zero-order chi connectivity index (χ0) is 11.0. The number of hydrogen-bond acceptors (Lipinski definition) is 4. The quantitative estimate of drug-likeness (QED) is 0.865. The summed E-state index contributed by atoms with van der Waals surface area (Å²) in [6, 6.07) is 6.36. The number of aromatic nitrogens is 2. The molecule has 2 heterocycles. The van der Waals surface area contributed by atoms with Gasteiger partial charge in [-0.05, 0) is 24.3 Å². The van der Waals surface area contributed by atoms with Crippen molar-refractivity contribution in [2.45, 2.75) is 5.92 Å².